The van der Waals surface area contributed by atoms with E-state index in [1.54, 1.807) is 30.3 Å². The summed E-state index contributed by atoms with van der Waals surface area (Å²) < 4.78 is 24.6. The molecular weight excluding hydrogens is 469 g/mol. The number of nitrogens with zero attached hydrogens (tertiary/aromatic N) is 2. The van der Waals surface area contributed by atoms with Crippen molar-refractivity contribution in [1.82, 2.24) is 10.2 Å². The second kappa shape index (κ2) is 10.7. The van der Waals surface area contributed by atoms with Crippen LogP contribution in [0.2, 0.25) is 0 Å². The van der Waals surface area contributed by atoms with Gasteiger partial charge in [-0.15, -0.1) is 0 Å². The van der Waals surface area contributed by atoms with Crippen LogP contribution in [0.15, 0.2) is 72.4 Å². The van der Waals surface area contributed by atoms with Crippen LogP contribution >= 0.6 is 0 Å². The predicted molar refractivity (Wildman–Crippen MR) is 128 cm³/mol. The highest BCUT2D eigenvalue weighted by atomic mass is 19.1. The SMILES string of the molecule is CCOc1cc(/C=C2/NC(=O)N(Cc3ccc(F)cc3)C2=O)ccc1OCc1cccc([N+](=O)[O-])c1. The van der Waals surface area contributed by atoms with Crippen molar-refractivity contribution in [2.45, 2.75) is 20.1 Å². The topological polar surface area (TPSA) is 111 Å². The molecule has 0 aliphatic carbocycles. The van der Waals surface area contributed by atoms with Gasteiger partial charge in [0.2, 0.25) is 0 Å². The molecule has 1 heterocycles. The maximum Gasteiger partial charge on any atom is 0.329 e. The summed E-state index contributed by atoms with van der Waals surface area (Å²) in [5, 5.41) is 13.5. The number of ether oxygens (including phenoxy) is 2. The van der Waals surface area contributed by atoms with Gasteiger partial charge in [0.25, 0.3) is 11.6 Å². The Labute approximate surface area is 205 Å². The molecule has 1 N–H and O–H groups in total. The third-order valence-corrected chi connectivity index (χ3v) is 5.31. The van der Waals surface area contributed by atoms with Gasteiger partial charge in [0.15, 0.2) is 11.5 Å². The van der Waals surface area contributed by atoms with Crippen LogP contribution in [-0.4, -0.2) is 28.4 Å². The Morgan fingerprint density at radius 2 is 1.78 bits per heavy atom. The van der Waals surface area contributed by atoms with E-state index in [1.807, 2.05) is 6.92 Å². The van der Waals surface area contributed by atoms with Crippen LogP contribution in [0.4, 0.5) is 14.9 Å². The number of imide groups is 1. The van der Waals surface area contributed by atoms with Crippen LogP contribution in [-0.2, 0) is 17.9 Å². The van der Waals surface area contributed by atoms with E-state index in [9.17, 15) is 24.1 Å². The number of rotatable bonds is 9. The van der Waals surface area contributed by atoms with E-state index < -0.39 is 22.7 Å². The molecule has 9 nitrogen and oxygen atoms in total. The molecule has 0 radical (unpaired) electrons. The molecule has 10 heteroatoms. The molecule has 3 amide bonds. The number of nitro benzene ring substituents is 1. The van der Waals surface area contributed by atoms with Gasteiger partial charge in [-0.2, -0.15) is 0 Å². The minimum absolute atomic E-state index is 0.0108. The van der Waals surface area contributed by atoms with Gasteiger partial charge in [0, 0.05) is 12.1 Å². The van der Waals surface area contributed by atoms with E-state index in [1.165, 1.54) is 42.5 Å². The van der Waals surface area contributed by atoms with Crippen molar-refractivity contribution in [3.63, 3.8) is 0 Å². The molecule has 1 aliphatic heterocycles. The number of benzene rings is 3. The fraction of sp³-hybridized carbons (Fsp3) is 0.154. The van der Waals surface area contributed by atoms with Crippen LogP contribution < -0.4 is 14.8 Å². The Bertz CT molecular complexity index is 1340. The number of non-ortho nitro benzene ring substituents is 1. The fourth-order valence-corrected chi connectivity index (χ4v) is 3.58. The normalized spacial score (nSPS) is 14.2. The Balaban J connectivity index is 1.49. The lowest BCUT2D eigenvalue weighted by Gasteiger charge is -2.13. The van der Waals surface area contributed by atoms with Crippen LogP contribution in [0.5, 0.6) is 11.5 Å². The summed E-state index contributed by atoms with van der Waals surface area (Å²) in [6.07, 6.45) is 1.53. The van der Waals surface area contributed by atoms with Gasteiger partial charge in [-0.25, -0.2) is 9.18 Å². The van der Waals surface area contributed by atoms with Crippen molar-refractivity contribution in [1.29, 1.82) is 0 Å². The van der Waals surface area contributed by atoms with Crippen LogP contribution in [0.3, 0.4) is 0 Å². The summed E-state index contributed by atoms with van der Waals surface area (Å²) >= 11 is 0. The van der Waals surface area contributed by atoms with Gasteiger partial charge in [-0.3, -0.25) is 19.8 Å². The zero-order valence-electron chi connectivity index (χ0n) is 19.3. The lowest BCUT2D eigenvalue weighted by molar-refractivity contribution is -0.384. The average molecular weight is 491 g/mol. The Kier molecular flexibility index (Phi) is 7.24. The first-order chi connectivity index (χ1) is 17.3. The zero-order valence-corrected chi connectivity index (χ0v) is 19.3. The number of carbonyl (C=O) groups excluding carboxylic acids is 2. The van der Waals surface area contributed by atoms with Gasteiger partial charge in [-0.1, -0.05) is 30.3 Å². The second-order valence-electron chi connectivity index (χ2n) is 7.86. The van der Waals surface area contributed by atoms with E-state index in [-0.39, 0.29) is 24.5 Å². The van der Waals surface area contributed by atoms with Gasteiger partial charge >= 0.3 is 6.03 Å². The highest BCUT2D eigenvalue weighted by molar-refractivity contribution is 6.13. The number of carbonyl (C=O) groups is 2. The number of hydrogen-bond acceptors (Lipinski definition) is 6. The molecule has 3 aromatic rings. The molecule has 36 heavy (non-hydrogen) atoms. The standard InChI is InChI=1S/C26H22FN3O6/c1-2-35-24-14-18(8-11-23(24)36-16-19-4-3-5-21(12-19)30(33)34)13-22-25(31)29(26(32)28-22)15-17-6-9-20(27)10-7-17/h3-14H,2,15-16H2,1H3,(H,28,32)/b22-13+. The van der Waals surface area contributed by atoms with Gasteiger partial charge in [-0.05, 0) is 54.0 Å². The number of hydrogen-bond donors (Lipinski definition) is 1. The predicted octanol–water partition coefficient (Wildman–Crippen LogP) is 4.80. The zero-order chi connectivity index (χ0) is 25.7. The number of amides is 3. The van der Waals surface area contributed by atoms with Gasteiger partial charge in [0.1, 0.15) is 18.1 Å². The largest absolute Gasteiger partial charge is 0.490 e. The van der Waals surface area contributed by atoms with E-state index in [0.29, 0.717) is 34.8 Å². The van der Waals surface area contributed by atoms with Crippen molar-refractivity contribution >= 4 is 23.7 Å². The van der Waals surface area contributed by atoms with Gasteiger partial charge < -0.3 is 14.8 Å². The lowest BCUT2D eigenvalue weighted by atomic mass is 10.1. The van der Waals surface area contributed by atoms with Crippen LogP contribution in [0, 0.1) is 15.9 Å². The van der Waals surface area contributed by atoms with Crippen molar-refractivity contribution in [3.05, 3.63) is 105 Å². The molecule has 3 aromatic carbocycles. The fourth-order valence-electron chi connectivity index (χ4n) is 3.58. The number of nitro groups is 1. The quantitative estimate of drug-likeness (QED) is 0.199. The first-order valence-corrected chi connectivity index (χ1v) is 11.1. The smallest absolute Gasteiger partial charge is 0.329 e. The maximum atomic E-state index is 13.1. The molecule has 1 saturated heterocycles. The van der Waals surface area contributed by atoms with E-state index in [4.69, 9.17) is 9.47 Å². The average Bonchev–Trinajstić information content (AvgIpc) is 3.12. The van der Waals surface area contributed by atoms with E-state index in [0.717, 1.165) is 4.90 Å². The summed E-state index contributed by atoms with van der Waals surface area (Å²) in [6.45, 7) is 2.27. The molecule has 1 aliphatic rings. The highest BCUT2D eigenvalue weighted by Crippen LogP contribution is 2.31. The minimum Gasteiger partial charge on any atom is -0.490 e. The van der Waals surface area contributed by atoms with Crippen LogP contribution in [0.1, 0.15) is 23.6 Å². The number of urea groups is 1. The molecule has 0 spiro atoms. The molecule has 0 saturated carbocycles. The van der Waals surface area contributed by atoms with E-state index >= 15 is 0 Å². The molecule has 0 aromatic heterocycles. The Morgan fingerprint density at radius 1 is 1.00 bits per heavy atom. The molecule has 0 unspecified atom stereocenters. The van der Waals surface area contributed by atoms with Crippen molar-refractivity contribution < 1.29 is 28.4 Å². The number of nitrogens with one attached hydrogen (secondary N) is 1. The first kappa shape index (κ1) is 24.4. The highest BCUT2D eigenvalue weighted by Gasteiger charge is 2.33. The molecule has 4 rings (SSSR count). The summed E-state index contributed by atoms with van der Waals surface area (Å²) in [4.78, 5) is 36.7. The summed E-state index contributed by atoms with van der Waals surface area (Å²) in [7, 11) is 0. The van der Waals surface area contributed by atoms with Gasteiger partial charge in [0.05, 0.1) is 18.1 Å². The van der Waals surface area contributed by atoms with Crippen molar-refractivity contribution in [3.8, 4) is 11.5 Å². The molecule has 1 fully saturated rings. The summed E-state index contributed by atoms with van der Waals surface area (Å²) in [5.74, 6) is -0.0742. The van der Waals surface area contributed by atoms with E-state index in [2.05, 4.69) is 5.32 Å². The third-order valence-electron chi connectivity index (χ3n) is 5.31. The monoisotopic (exact) mass is 491 g/mol. The number of halogens is 1. The first-order valence-electron chi connectivity index (χ1n) is 11.1. The molecule has 184 valence electrons. The Morgan fingerprint density at radius 3 is 2.50 bits per heavy atom. The molecule has 0 bridgehead atoms. The Hall–Kier alpha value is -4.73. The third kappa shape index (κ3) is 5.66. The lowest BCUT2D eigenvalue weighted by Crippen LogP contribution is -2.30. The maximum absolute atomic E-state index is 13.1. The van der Waals surface area contributed by atoms with Crippen molar-refractivity contribution in [2.75, 3.05) is 6.61 Å². The second-order valence-corrected chi connectivity index (χ2v) is 7.86. The van der Waals surface area contributed by atoms with Crippen LogP contribution in [0.25, 0.3) is 6.08 Å². The molecule has 0 atom stereocenters. The summed E-state index contributed by atoms with van der Waals surface area (Å²) in [6, 6.07) is 16.2. The van der Waals surface area contributed by atoms with Crippen molar-refractivity contribution in [2.24, 2.45) is 0 Å². The summed E-state index contributed by atoms with van der Waals surface area (Å²) in [5.41, 5.74) is 1.89. The minimum atomic E-state index is -0.572. The molecular formula is C26H22FN3O6.